The van der Waals surface area contributed by atoms with Gasteiger partial charge in [0.25, 0.3) is 0 Å². The summed E-state index contributed by atoms with van der Waals surface area (Å²) in [4.78, 5) is 57.1. The maximum Gasteiger partial charge on any atom is 0.339 e. The van der Waals surface area contributed by atoms with Crippen LogP contribution < -0.4 is 9.80 Å². The topological polar surface area (TPSA) is 93.2 Å². The Labute approximate surface area is 289 Å². The molecule has 49 heavy (non-hydrogen) atoms. The Balaban J connectivity index is 1.34. The van der Waals surface area contributed by atoms with Gasteiger partial charge in [-0.2, -0.15) is 0 Å². The van der Waals surface area contributed by atoms with Crippen molar-refractivity contribution in [2.24, 2.45) is 0 Å². The van der Waals surface area contributed by atoms with Gasteiger partial charge >= 0.3 is 11.9 Å². The molecule has 0 heterocycles. The van der Waals surface area contributed by atoms with Crippen molar-refractivity contribution in [1.29, 1.82) is 0 Å². The molecule has 0 aromatic heterocycles. The van der Waals surface area contributed by atoms with Crippen LogP contribution in [-0.2, 0) is 9.47 Å². The third kappa shape index (κ3) is 8.90. The maximum absolute atomic E-state index is 13.5. The van der Waals surface area contributed by atoms with Crippen molar-refractivity contribution in [2.75, 3.05) is 49.2 Å². The summed E-state index contributed by atoms with van der Waals surface area (Å²) in [5, 5.41) is 0. The van der Waals surface area contributed by atoms with E-state index in [1.807, 2.05) is 31.2 Å². The Kier molecular flexibility index (Phi) is 13.0. The second-order valence-corrected chi connectivity index (χ2v) is 11.3. The number of nitrogens with zero attached hydrogens (tertiary/aromatic N) is 2. The first-order valence-corrected chi connectivity index (χ1v) is 16.7. The molecular weight excluding hydrogens is 616 g/mol. The zero-order valence-corrected chi connectivity index (χ0v) is 28.9. The highest BCUT2D eigenvalue weighted by atomic mass is 16.5. The lowest BCUT2D eigenvalue weighted by atomic mass is 9.95. The van der Waals surface area contributed by atoms with Crippen LogP contribution in [0, 0.1) is 6.92 Å². The summed E-state index contributed by atoms with van der Waals surface area (Å²) in [5.74, 6) is -1.81. The quantitative estimate of drug-likeness (QED) is 0.0685. The van der Waals surface area contributed by atoms with Crippen LogP contribution in [0.4, 0.5) is 11.4 Å². The molecule has 0 unspecified atom stereocenters. The number of hydrogen-bond acceptors (Lipinski definition) is 8. The summed E-state index contributed by atoms with van der Waals surface area (Å²) in [6.45, 7) is 13.5. The van der Waals surface area contributed by atoms with Gasteiger partial charge in [-0.1, -0.05) is 36.4 Å². The molecule has 0 aliphatic heterocycles. The van der Waals surface area contributed by atoms with E-state index in [1.165, 1.54) is 0 Å². The molecule has 0 atom stereocenters. The van der Waals surface area contributed by atoms with Crippen molar-refractivity contribution in [3.05, 3.63) is 142 Å². The summed E-state index contributed by atoms with van der Waals surface area (Å²) in [7, 11) is 0. The minimum Gasteiger partial charge on any atom is -0.458 e. The molecule has 0 saturated heterocycles. The number of aryl methyl sites for hydroxylation is 1. The molecule has 254 valence electrons. The van der Waals surface area contributed by atoms with Crippen molar-refractivity contribution in [2.45, 2.75) is 34.6 Å². The Morgan fingerprint density at radius 3 is 1.43 bits per heavy atom. The number of anilines is 2. The van der Waals surface area contributed by atoms with Gasteiger partial charge < -0.3 is 19.3 Å². The molecule has 4 aromatic carbocycles. The third-order valence-electron chi connectivity index (χ3n) is 8.41. The van der Waals surface area contributed by atoms with Crippen molar-refractivity contribution in [3.8, 4) is 0 Å². The Morgan fingerprint density at radius 2 is 0.959 bits per heavy atom. The first-order valence-electron chi connectivity index (χ1n) is 16.7. The predicted octanol–water partition coefficient (Wildman–Crippen LogP) is 7.72. The van der Waals surface area contributed by atoms with E-state index >= 15 is 0 Å². The molecule has 0 spiro atoms. The van der Waals surface area contributed by atoms with Gasteiger partial charge in [-0.15, -0.1) is 0 Å². The van der Waals surface area contributed by atoms with E-state index in [0.717, 1.165) is 43.1 Å². The number of hydrogen-bond donors (Lipinski definition) is 0. The van der Waals surface area contributed by atoms with E-state index in [4.69, 9.17) is 9.47 Å². The Hall–Kier alpha value is -5.50. The monoisotopic (exact) mass is 660 g/mol. The number of carbonyl (C=O) groups excluding carboxylic acids is 4. The molecular formula is C41H44N2O6. The van der Waals surface area contributed by atoms with Crippen molar-refractivity contribution in [1.82, 2.24) is 0 Å². The van der Waals surface area contributed by atoms with Crippen LogP contribution in [0.2, 0.25) is 0 Å². The van der Waals surface area contributed by atoms with Crippen LogP contribution >= 0.6 is 0 Å². The van der Waals surface area contributed by atoms with E-state index in [9.17, 15) is 19.2 Å². The number of benzene rings is 4. The zero-order valence-electron chi connectivity index (χ0n) is 28.9. The Bertz CT molecular complexity index is 1800. The largest absolute Gasteiger partial charge is 0.458 e. The fraction of sp³-hybridized carbons (Fsp3) is 0.268. The average Bonchev–Trinajstić information content (AvgIpc) is 3.13. The van der Waals surface area contributed by atoms with Crippen molar-refractivity contribution >= 4 is 34.9 Å². The lowest BCUT2D eigenvalue weighted by molar-refractivity contribution is 0.0525. The number of ketones is 2. The van der Waals surface area contributed by atoms with Crippen molar-refractivity contribution in [3.63, 3.8) is 0 Å². The van der Waals surface area contributed by atoms with Gasteiger partial charge in [-0.3, -0.25) is 9.59 Å². The second-order valence-electron chi connectivity index (χ2n) is 11.3. The minimum absolute atomic E-state index is 0.0880. The maximum atomic E-state index is 13.5. The van der Waals surface area contributed by atoms with Gasteiger partial charge in [-0.25, -0.2) is 9.59 Å². The van der Waals surface area contributed by atoms with E-state index in [2.05, 4.69) is 37.5 Å². The van der Waals surface area contributed by atoms with Gasteiger partial charge in [0.15, 0.2) is 11.6 Å². The second kappa shape index (κ2) is 17.6. The zero-order chi connectivity index (χ0) is 35.3. The molecule has 0 N–H and O–H groups in total. The van der Waals surface area contributed by atoms with Gasteiger partial charge in [0.05, 0.1) is 11.1 Å². The lowest BCUT2D eigenvalue weighted by Crippen LogP contribution is -2.22. The highest BCUT2D eigenvalue weighted by Crippen LogP contribution is 2.24. The average molecular weight is 661 g/mol. The Morgan fingerprint density at radius 1 is 0.531 bits per heavy atom. The van der Waals surface area contributed by atoms with E-state index < -0.39 is 11.9 Å². The van der Waals surface area contributed by atoms with E-state index in [0.29, 0.717) is 11.1 Å². The molecule has 8 nitrogen and oxygen atoms in total. The molecule has 4 rings (SSSR count). The molecule has 0 saturated carbocycles. The van der Waals surface area contributed by atoms with Crippen LogP contribution in [0.5, 0.6) is 0 Å². The van der Waals surface area contributed by atoms with Gasteiger partial charge in [0, 0.05) is 59.8 Å². The van der Waals surface area contributed by atoms with Gasteiger partial charge in [0.1, 0.15) is 13.2 Å². The number of ether oxygens (including phenoxy) is 2. The molecule has 0 bridgehead atoms. The van der Waals surface area contributed by atoms with Gasteiger partial charge in [-0.05, 0) is 107 Å². The minimum atomic E-state index is -0.641. The predicted molar refractivity (Wildman–Crippen MR) is 194 cm³/mol. The fourth-order valence-electron chi connectivity index (χ4n) is 5.66. The van der Waals surface area contributed by atoms with E-state index in [-0.39, 0.29) is 47.0 Å². The first kappa shape index (κ1) is 36.3. The smallest absolute Gasteiger partial charge is 0.339 e. The molecule has 0 fully saturated rings. The summed E-state index contributed by atoms with van der Waals surface area (Å²) < 4.78 is 10.8. The SMILES string of the molecule is CCN(CC)c1ccc(C(=O)c2ccccc2C(=O)OC/C=C/COC(=O)c2ccccc2C(=O)c2ccc(N(CC)CC)cc2C)cc1. The van der Waals surface area contributed by atoms with Crippen LogP contribution in [0.1, 0.15) is 85.8 Å². The molecule has 0 amide bonds. The van der Waals surface area contributed by atoms with Crippen LogP contribution in [0.15, 0.2) is 103 Å². The number of rotatable bonds is 16. The number of esters is 2. The third-order valence-corrected chi connectivity index (χ3v) is 8.41. The molecule has 0 aliphatic rings. The molecule has 8 heteroatoms. The highest BCUT2D eigenvalue weighted by Gasteiger charge is 2.21. The summed E-state index contributed by atoms with van der Waals surface area (Å²) in [5.41, 5.74) is 4.74. The molecule has 0 aliphatic carbocycles. The highest BCUT2D eigenvalue weighted by molar-refractivity contribution is 6.15. The van der Waals surface area contributed by atoms with Crippen LogP contribution in [0.3, 0.4) is 0 Å². The first-order chi connectivity index (χ1) is 23.7. The van der Waals surface area contributed by atoms with E-state index in [1.54, 1.807) is 78.9 Å². The van der Waals surface area contributed by atoms with Crippen LogP contribution in [-0.4, -0.2) is 62.9 Å². The lowest BCUT2D eigenvalue weighted by Gasteiger charge is -2.22. The summed E-state index contributed by atoms with van der Waals surface area (Å²) in [6, 6.07) is 26.2. The molecule has 4 aromatic rings. The summed E-state index contributed by atoms with van der Waals surface area (Å²) in [6.07, 6.45) is 3.11. The standard InChI is InChI=1S/C41H44N2O6/c1-6-42(7-2)31-22-20-30(21-23-31)38(44)34-16-10-12-18-36(34)40(46)48-26-14-15-27-49-41(47)37-19-13-11-17-35(37)39(45)33-25-24-32(28-29(33)5)43(8-3)9-4/h10-25,28H,6-9,26-27H2,1-5H3/b15-14+. The fourth-order valence-corrected chi connectivity index (χ4v) is 5.66. The van der Waals surface area contributed by atoms with Crippen molar-refractivity contribution < 1.29 is 28.7 Å². The van der Waals surface area contributed by atoms with Crippen LogP contribution in [0.25, 0.3) is 0 Å². The summed E-state index contributed by atoms with van der Waals surface area (Å²) >= 11 is 0. The molecule has 0 radical (unpaired) electrons. The normalized spacial score (nSPS) is 10.9. The van der Waals surface area contributed by atoms with Gasteiger partial charge in [0.2, 0.25) is 0 Å². The number of carbonyl (C=O) groups is 4.